The number of nitrogens with zero attached hydrogens (tertiary/aromatic N) is 1. The normalized spacial score (nSPS) is 18.0. The first-order chi connectivity index (χ1) is 3.39. The molecule has 0 aromatic rings. The van der Waals surface area contributed by atoms with Crippen molar-refractivity contribution in [3.63, 3.8) is 0 Å². The minimum atomic E-state index is -0.271. The van der Waals surface area contributed by atoms with Crippen LogP contribution in [0.4, 0.5) is 4.79 Å². The Hall–Kier alpha value is -0.710. The van der Waals surface area contributed by atoms with Crippen LogP contribution in [-0.2, 0) is 0 Å². The van der Waals surface area contributed by atoms with Crippen LogP contribution in [0.25, 0.3) is 0 Å². The number of nitrogens with one attached hydrogen (secondary N) is 2. The van der Waals surface area contributed by atoms with Gasteiger partial charge in [-0.05, 0) is 0 Å². The van der Waals surface area contributed by atoms with Crippen LogP contribution in [0.2, 0.25) is 0 Å². The Kier molecular flexibility index (Phi) is 1.16. The van der Waals surface area contributed by atoms with Gasteiger partial charge in [0.25, 0.3) is 0 Å². The van der Waals surface area contributed by atoms with Crippen LogP contribution < -0.4 is 10.1 Å². The molecule has 1 heterocycles. The van der Waals surface area contributed by atoms with E-state index in [0.29, 0.717) is 0 Å². The maximum Gasteiger partial charge on any atom is 0.345 e. The van der Waals surface area contributed by atoms with E-state index in [9.17, 15) is 4.79 Å². The topological polar surface area (TPSA) is 53.5 Å². The van der Waals surface area contributed by atoms with E-state index in [1.54, 1.807) is 0 Å². The summed E-state index contributed by atoms with van der Waals surface area (Å²) < 4.78 is 2.40. The van der Waals surface area contributed by atoms with Gasteiger partial charge in [-0.3, -0.25) is 4.72 Å². The molecule has 2 N–H and O–H groups in total. The third kappa shape index (κ3) is 1.08. The number of amides is 2. The van der Waals surface area contributed by atoms with Gasteiger partial charge in [0.2, 0.25) is 0 Å². The molecule has 2 amide bonds. The van der Waals surface area contributed by atoms with Crippen LogP contribution in [0, 0.1) is 0 Å². The quantitative estimate of drug-likeness (QED) is 0.435. The monoisotopic (exact) mass is 117 g/mol. The van der Waals surface area contributed by atoms with Gasteiger partial charge in [0.05, 0.1) is 0 Å². The Balaban J connectivity index is 2.47. The summed E-state index contributed by atoms with van der Waals surface area (Å²) in [5, 5.41) is 3.43. The molecule has 0 aromatic heterocycles. The second-order valence-electron chi connectivity index (χ2n) is 0.895. The number of rotatable bonds is 0. The fourth-order valence-corrected chi connectivity index (χ4v) is 0.525. The standard InChI is InChI=1S/C2H3N3OS/c6-2-4-3-1-7-5-2/h1H,(H2,4,5,6). The zero-order chi connectivity index (χ0) is 5.11. The highest BCUT2D eigenvalue weighted by Gasteiger charge is 1.98. The molecular weight excluding hydrogens is 114 g/mol. The third-order valence-corrected chi connectivity index (χ3v) is 0.937. The van der Waals surface area contributed by atoms with Crippen molar-refractivity contribution in [1.29, 1.82) is 0 Å². The Morgan fingerprint density at radius 3 is 3.00 bits per heavy atom. The molecule has 0 aromatic carbocycles. The summed E-state index contributed by atoms with van der Waals surface area (Å²) >= 11 is 1.15. The molecule has 0 radical (unpaired) electrons. The smallest absolute Gasteiger partial charge is 0.275 e. The van der Waals surface area contributed by atoms with E-state index in [1.165, 1.54) is 5.55 Å². The molecule has 0 saturated heterocycles. The van der Waals surface area contributed by atoms with Crippen molar-refractivity contribution in [3.8, 4) is 0 Å². The summed E-state index contributed by atoms with van der Waals surface area (Å²) in [7, 11) is 0. The van der Waals surface area contributed by atoms with E-state index in [2.05, 4.69) is 15.2 Å². The highest BCUT2D eigenvalue weighted by atomic mass is 32.2. The number of urea groups is 1. The van der Waals surface area contributed by atoms with Gasteiger partial charge in [-0.1, -0.05) is 0 Å². The maximum atomic E-state index is 10.1. The Morgan fingerprint density at radius 2 is 2.71 bits per heavy atom. The largest absolute Gasteiger partial charge is 0.345 e. The molecule has 4 nitrogen and oxygen atoms in total. The minimum absolute atomic E-state index is 0.271. The summed E-state index contributed by atoms with van der Waals surface area (Å²) in [4.78, 5) is 10.1. The Bertz CT molecular complexity index is 112. The molecule has 7 heavy (non-hydrogen) atoms. The molecule has 0 saturated carbocycles. The van der Waals surface area contributed by atoms with E-state index >= 15 is 0 Å². The van der Waals surface area contributed by atoms with Crippen molar-refractivity contribution in [1.82, 2.24) is 10.1 Å². The Morgan fingerprint density at radius 1 is 1.86 bits per heavy atom. The lowest BCUT2D eigenvalue weighted by atomic mass is 11.1. The number of hydrogen-bond acceptors (Lipinski definition) is 3. The van der Waals surface area contributed by atoms with Crippen molar-refractivity contribution in [2.24, 2.45) is 5.10 Å². The molecule has 0 unspecified atom stereocenters. The zero-order valence-electron chi connectivity index (χ0n) is 3.34. The molecular formula is C2H3N3OS. The van der Waals surface area contributed by atoms with Gasteiger partial charge in [-0.25, -0.2) is 10.2 Å². The SMILES string of the molecule is O=C1NN=CSN1. The van der Waals surface area contributed by atoms with Crippen molar-refractivity contribution >= 4 is 23.5 Å². The number of carbonyl (C=O) groups excluding carboxylic acids is 1. The van der Waals surface area contributed by atoms with Gasteiger partial charge < -0.3 is 0 Å². The van der Waals surface area contributed by atoms with Crippen LogP contribution in [0.3, 0.4) is 0 Å². The van der Waals surface area contributed by atoms with Gasteiger partial charge >= 0.3 is 6.03 Å². The molecule has 0 fully saturated rings. The number of hydrogen-bond donors (Lipinski definition) is 2. The third-order valence-electron chi connectivity index (χ3n) is 0.423. The lowest BCUT2D eigenvalue weighted by Gasteiger charge is -2.02. The average molecular weight is 117 g/mol. The van der Waals surface area contributed by atoms with E-state index in [4.69, 9.17) is 0 Å². The van der Waals surface area contributed by atoms with E-state index in [0.717, 1.165) is 11.9 Å². The van der Waals surface area contributed by atoms with Crippen molar-refractivity contribution in [2.75, 3.05) is 0 Å². The second-order valence-corrected chi connectivity index (χ2v) is 1.55. The fourth-order valence-electron chi connectivity index (χ4n) is 0.214. The van der Waals surface area contributed by atoms with Gasteiger partial charge in [0.1, 0.15) is 5.55 Å². The van der Waals surface area contributed by atoms with Crippen LogP contribution in [-0.4, -0.2) is 11.6 Å². The van der Waals surface area contributed by atoms with Crippen LogP contribution in [0.5, 0.6) is 0 Å². The molecule has 0 aliphatic carbocycles. The predicted molar refractivity (Wildman–Crippen MR) is 27.8 cm³/mol. The summed E-state index contributed by atoms with van der Waals surface area (Å²) in [6, 6.07) is -0.271. The fraction of sp³-hybridized carbons (Fsp3) is 0. The number of hydrazone groups is 1. The molecule has 1 aliphatic rings. The molecule has 5 heteroatoms. The average Bonchev–Trinajstić information content (AvgIpc) is 1.69. The number of carbonyl (C=O) groups is 1. The van der Waals surface area contributed by atoms with Crippen LogP contribution >= 0.6 is 11.9 Å². The zero-order valence-corrected chi connectivity index (χ0v) is 4.16. The summed E-state index contributed by atoms with van der Waals surface area (Å²) in [6.07, 6.45) is 0. The van der Waals surface area contributed by atoms with Crippen molar-refractivity contribution in [2.45, 2.75) is 0 Å². The highest BCUT2D eigenvalue weighted by molar-refractivity contribution is 8.10. The Labute approximate surface area is 44.5 Å². The first-order valence-corrected chi connectivity index (χ1v) is 2.51. The van der Waals surface area contributed by atoms with Gasteiger partial charge in [0, 0.05) is 11.9 Å². The lowest BCUT2D eigenvalue weighted by molar-refractivity contribution is 0.247. The van der Waals surface area contributed by atoms with Gasteiger partial charge in [-0.2, -0.15) is 5.10 Å². The molecule has 0 bridgehead atoms. The summed E-state index contributed by atoms with van der Waals surface area (Å²) in [5.74, 6) is 0. The van der Waals surface area contributed by atoms with E-state index in [1.807, 2.05) is 0 Å². The molecule has 0 atom stereocenters. The van der Waals surface area contributed by atoms with E-state index < -0.39 is 0 Å². The van der Waals surface area contributed by atoms with Crippen LogP contribution in [0.1, 0.15) is 0 Å². The molecule has 1 aliphatic heterocycles. The van der Waals surface area contributed by atoms with Crippen molar-refractivity contribution < 1.29 is 4.79 Å². The lowest BCUT2D eigenvalue weighted by Crippen LogP contribution is -2.30. The maximum absolute atomic E-state index is 10.1. The first-order valence-electron chi connectivity index (χ1n) is 1.63. The van der Waals surface area contributed by atoms with E-state index in [-0.39, 0.29) is 6.03 Å². The molecule has 0 spiro atoms. The van der Waals surface area contributed by atoms with Gasteiger partial charge in [0.15, 0.2) is 0 Å². The first kappa shape index (κ1) is 4.45. The minimum Gasteiger partial charge on any atom is -0.275 e. The van der Waals surface area contributed by atoms with Gasteiger partial charge in [-0.15, -0.1) is 0 Å². The highest BCUT2D eigenvalue weighted by Crippen LogP contribution is 1.88. The van der Waals surface area contributed by atoms with Crippen molar-refractivity contribution in [3.05, 3.63) is 0 Å². The summed E-state index contributed by atoms with van der Waals surface area (Å²) in [5.41, 5.74) is 3.68. The predicted octanol–water partition coefficient (Wildman–Crippen LogP) is -0.109. The second kappa shape index (κ2) is 1.83. The molecule has 1 rings (SSSR count). The van der Waals surface area contributed by atoms with Crippen LogP contribution in [0.15, 0.2) is 5.10 Å². The summed E-state index contributed by atoms with van der Waals surface area (Å²) in [6.45, 7) is 0. The molecule has 38 valence electrons.